The number of benzene rings is 3. The van der Waals surface area contributed by atoms with Gasteiger partial charge in [-0.15, -0.1) is 0 Å². The Bertz CT molecular complexity index is 1360. The molecule has 1 N–H and O–H groups in total. The normalized spacial score (nSPS) is 14.9. The highest BCUT2D eigenvalue weighted by atomic mass is 35.5. The molecule has 0 aromatic heterocycles. The van der Waals surface area contributed by atoms with Crippen molar-refractivity contribution in [2.45, 2.75) is 16.7 Å². The van der Waals surface area contributed by atoms with Gasteiger partial charge in [-0.2, -0.15) is 0 Å². The Labute approximate surface area is 209 Å². The first-order chi connectivity index (χ1) is 16.2. The highest BCUT2D eigenvalue weighted by molar-refractivity contribution is 7.99. The topological polar surface area (TPSA) is 92.6 Å². The van der Waals surface area contributed by atoms with Crippen LogP contribution in [0.4, 0.5) is 11.4 Å². The average Bonchev–Trinajstić information content (AvgIpc) is 2.80. The summed E-state index contributed by atoms with van der Waals surface area (Å²) >= 11 is 12.4. The minimum Gasteiger partial charge on any atom is -0.298 e. The van der Waals surface area contributed by atoms with Gasteiger partial charge in [-0.3, -0.25) is 29.9 Å². The number of nitrogens with zero attached hydrogens (tertiary/aromatic N) is 2. The number of carbonyl (C=O) groups is 2. The first-order valence-electron chi connectivity index (χ1n) is 9.93. The summed E-state index contributed by atoms with van der Waals surface area (Å²) in [6, 6.07) is 18.6. The Kier molecular flexibility index (Phi) is 6.78. The monoisotopic (exact) mass is 509 g/mol. The van der Waals surface area contributed by atoms with Crippen LogP contribution in [-0.2, 0) is 9.59 Å². The molecule has 0 radical (unpaired) electrons. The van der Waals surface area contributed by atoms with Crippen LogP contribution in [0.1, 0.15) is 11.1 Å². The fourth-order valence-electron chi connectivity index (χ4n) is 3.24. The van der Waals surface area contributed by atoms with Crippen LogP contribution in [0, 0.1) is 17.0 Å². The molecule has 3 aromatic rings. The predicted molar refractivity (Wildman–Crippen MR) is 136 cm³/mol. The smallest absolute Gasteiger partial charge is 0.283 e. The van der Waals surface area contributed by atoms with Crippen molar-refractivity contribution < 1.29 is 14.5 Å². The lowest BCUT2D eigenvalue weighted by atomic mass is 10.1. The molecule has 170 valence electrons. The SMILES string of the molecule is Cc1ccc(Sc2ccc(/C=C3\C(=O)NC(=S)N(c4ccc(Cl)cc4)C3=O)cc2[N+](=O)[O-])cc1. The molecule has 0 atom stereocenters. The van der Waals surface area contributed by atoms with Crippen molar-refractivity contribution in [3.63, 3.8) is 0 Å². The first kappa shape index (κ1) is 23.6. The lowest BCUT2D eigenvalue weighted by Gasteiger charge is -2.28. The summed E-state index contributed by atoms with van der Waals surface area (Å²) in [5.41, 5.74) is 1.53. The summed E-state index contributed by atoms with van der Waals surface area (Å²) in [7, 11) is 0. The van der Waals surface area contributed by atoms with E-state index in [0.717, 1.165) is 10.5 Å². The van der Waals surface area contributed by atoms with Crippen molar-refractivity contribution in [3.05, 3.63) is 98.6 Å². The summed E-state index contributed by atoms with van der Waals surface area (Å²) in [5.74, 6) is -1.32. The number of nitro benzene ring substituents is 1. The average molecular weight is 510 g/mol. The quantitative estimate of drug-likeness (QED) is 0.160. The Morgan fingerprint density at radius 2 is 1.74 bits per heavy atom. The third-order valence-electron chi connectivity index (χ3n) is 4.93. The molecule has 7 nitrogen and oxygen atoms in total. The highest BCUT2D eigenvalue weighted by Gasteiger charge is 2.34. The van der Waals surface area contributed by atoms with Gasteiger partial charge < -0.3 is 0 Å². The van der Waals surface area contributed by atoms with E-state index < -0.39 is 16.7 Å². The molecular weight excluding hydrogens is 494 g/mol. The number of carbonyl (C=O) groups excluding carboxylic acids is 2. The van der Waals surface area contributed by atoms with Crippen molar-refractivity contribution >= 4 is 70.0 Å². The van der Waals surface area contributed by atoms with Crippen molar-refractivity contribution in [2.24, 2.45) is 0 Å². The van der Waals surface area contributed by atoms with Gasteiger partial charge in [0.05, 0.1) is 15.5 Å². The summed E-state index contributed by atoms with van der Waals surface area (Å²) in [4.78, 5) is 39.4. The number of aryl methyl sites for hydroxylation is 1. The zero-order valence-electron chi connectivity index (χ0n) is 17.7. The number of hydrogen-bond acceptors (Lipinski definition) is 6. The second-order valence-electron chi connectivity index (χ2n) is 7.33. The van der Waals surface area contributed by atoms with Gasteiger partial charge >= 0.3 is 0 Å². The molecular formula is C24H16ClN3O4S2. The lowest BCUT2D eigenvalue weighted by Crippen LogP contribution is -2.54. The van der Waals surface area contributed by atoms with Crippen LogP contribution in [0.5, 0.6) is 0 Å². The molecule has 10 heteroatoms. The molecule has 1 fully saturated rings. The minimum absolute atomic E-state index is 0.0645. The standard InChI is InChI=1S/C24H16ClN3O4S2/c1-14-2-9-18(10-3-14)34-21-11-4-15(13-20(21)28(31)32)12-19-22(29)26-24(33)27(23(19)30)17-7-5-16(25)6-8-17/h2-13H,1H3,(H,26,29,33)/b19-12+. The molecule has 0 saturated carbocycles. The minimum atomic E-state index is -0.680. The Hall–Kier alpha value is -3.53. The van der Waals surface area contributed by atoms with Crippen LogP contribution < -0.4 is 10.2 Å². The van der Waals surface area contributed by atoms with Gasteiger partial charge in [-0.1, -0.05) is 47.1 Å². The number of anilines is 1. The third kappa shape index (κ3) is 5.01. The molecule has 0 aliphatic carbocycles. The van der Waals surface area contributed by atoms with Gasteiger partial charge in [0.25, 0.3) is 17.5 Å². The van der Waals surface area contributed by atoms with Gasteiger partial charge in [0.15, 0.2) is 5.11 Å². The molecule has 4 rings (SSSR count). The maximum Gasteiger partial charge on any atom is 0.283 e. The fraction of sp³-hybridized carbons (Fsp3) is 0.0417. The molecule has 1 saturated heterocycles. The molecule has 1 heterocycles. The Morgan fingerprint density at radius 3 is 2.38 bits per heavy atom. The van der Waals surface area contributed by atoms with Crippen molar-refractivity contribution in [1.29, 1.82) is 0 Å². The number of nitro groups is 1. The van der Waals surface area contributed by atoms with Crippen LogP contribution in [-0.4, -0.2) is 21.9 Å². The number of halogens is 1. The molecule has 2 amide bonds. The number of rotatable bonds is 5. The van der Waals surface area contributed by atoms with Gasteiger partial charge in [0.1, 0.15) is 5.57 Å². The third-order valence-corrected chi connectivity index (χ3v) is 6.54. The predicted octanol–water partition coefficient (Wildman–Crippen LogP) is 5.54. The van der Waals surface area contributed by atoms with Gasteiger partial charge in [-0.05, 0) is 73.2 Å². The molecule has 1 aliphatic heterocycles. The fourth-order valence-corrected chi connectivity index (χ4v) is 4.54. The summed E-state index contributed by atoms with van der Waals surface area (Å²) in [6.07, 6.45) is 1.32. The molecule has 0 bridgehead atoms. The van der Waals surface area contributed by atoms with Crippen molar-refractivity contribution in [1.82, 2.24) is 5.32 Å². The summed E-state index contributed by atoms with van der Waals surface area (Å²) in [5, 5.41) is 14.6. The maximum absolute atomic E-state index is 13.1. The number of nitrogens with one attached hydrogen (secondary N) is 1. The van der Waals surface area contributed by atoms with E-state index >= 15 is 0 Å². The number of hydrogen-bond donors (Lipinski definition) is 1. The van der Waals surface area contributed by atoms with E-state index in [1.54, 1.807) is 36.4 Å². The van der Waals surface area contributed by atoms with Crippen molar-refractivity contribution in [2.75, 3.05) is 4.90 Å². The Morgan fingerprint density at radius 1 is 1.06 bits per heavy atom. The van der Waals surface area contributed by atoms with Crippen LogP contribution >= 0.6 is 35.6 Å². The van der Waals surface area contributed by atoms with E-state index in [1.807, 2.05) is 31.2 Å². The number of amides is 2. The van der Waals surface area contributed by atoms with Gasteiger partial charge in [0.2, 0.25) is 0 Å². The molecule has 3 aromatic carbocycles. The zero-order chi connectivity index (χ0) is 24.4. The van der Waals surface area contributed by atoms with Crippen LogP contribution in [0.25, 0.3) is 6.08 Å². The van der Waals surface area contributed by atoms with E-state index in [4.69, 9.17) is 23.8 Å². The van der Waals surface area contributed by atoms with E-state index in [9.17, 15) is 19.7 Å². The summed E-state index contributed by atoms with van der Waals surface area (Å²) in [6.45, 7) is 1.96. The molecule has 34 heavy (non-hydrogen) atoms. The van der Waals surface area contributed by atoms with Gasteiger partial charge in [0, 0.05) is 16.0 Å². The van der Waals surface area contributed by atoms with Gasteiger partial charge in [-0.25, -0.2) is 0 Å². The second kappa shape index (κ2) is 9.76. The summed E-state index contributed by atoms with van der Waals surface area (Å²) < 4.78 is 0. The maximum atomic E-state index is 13.1. The molecule has 1 aliphatic rings. The lowest BCUT2D eigenvalue weighted by molar-refractivity contribution is -0.387. The second-order valence-corrected chi connectivity index (χ2v) is 9.27. The van der Waals surface area contributed by atoms with E-state index in [2.05, 4.69) is 5.32 Å². The van der Waals surface area contributed by atoms with E-state index in [-0.39, 0.29) is 16.4 Å². The van der Waals surface area contributed by atoms with Crippen molar-refractivity contribution in [3.8, 4) is 0 Å². The van der Waals surface area contributed by atoms with Crippen LogP contribution in [0.3, 0.4) is 0 Å². The molecule has 0 spiro atoms. The first-order valence-corrected chi connectivity index (χ1v) is 11.5. The van der Waals surface area contributed by atoms with E-state index in [1.165, 1.54) is 28.8 Å². The molecule has 0 unspecified atom stereocenters. The van der Waals surface area contributed by atoms with Crippen LogP contribution in [0.15, 0.2) is 82.1 Å². The number of thiocarbonyl (C=S) groups is 1. The largest absolute Gasteiger partial charge is 0.298 e. The highest BCUT2D eigenvalue weighted by Crippen LogP contribution is 2.36. The van der Waals surface area contributed by atoms with Crippen LogP contribution in [0.2, 0.25) is 5.02 Å². The zero-order valence-corrected chi connectivity index (χ0v) is 20.0. The Balaban J connectivity index is 1.68. The van der Waals surface area contributed by atoms with E-state index in [0.29, 0.717) is 21.2 Å².